The summed E-state index contributed by atoms with van der Waals surface area (Å²) in [6.45, 7) is 2.88. The lowest BCUT2D eigenvalue weighted by Gasteiger charge is -2.11. The summed E-state index contributed by atoms with van der Waals surface area (Å²) in [6.07, 6.45) is 4.22. The number of hydrogen-bond acceptors (Lipinski definition) is 4. The Morgan fingerprint density at radius 3 is 2.63 bits per heavy atom. The van der Waals surface area contributed by atoms with Crippen molar-refractivity contribution >= 4 is 5.69 Å². The number of non-ortho nitro benzene ring substituents is 1. The number of nitrogens with one attached hydrogen (secondary N) is 1. The van der Waals surface area contributed by atoms with Crippen molar-refractivity contribution < 1.29 is 9.34 Å². The molecule has 19 heavy (non-hydrogen) atoms. The fourth-order valence-corrected chi connectivity index (χ4v) is 1.86. The van der Waals surface area contributed by atoms with E-state index in [0.717, 1.165) is 24.1 Å². The molecule has 0 fully saturated rings. The Morgan fingerprint density at radius 2 is 2.05 bits per heavy atom. The van der Waals surface area contributed by atoms with Crippen molar-refractivity contribution in [2.45, 2.75) is 19.4 Å². The minimum Gasteiger partial charge on any atom is -0.472 e. The number of nitro groups is 1. The first kappa shape index (κ1) is 13.3. The Kier molecular flexibility index (Phi) is 4.30. The van der Waals surface area contributed by atoms with Crippen molar-refractivity contribution in [3.8, 4) is 0 Å². The van der Waals surface area contributed by atoms with Gasteiger partial charge in [0.1, 0.15) is 0 Å². The molecule has 1 N–H and O–H groups in total. The minimum absolute atomic E-state index is 0.128. The van der Waals surface area contributed by atoms with Gasteiger partial charge in [0, 0.05) is 23.7 Å². The van der Waals surface area contributed by atoms with Crippen LogP contribution < -0.4 is 5.32 Å². The van der Waals surface area contributed by atoms with Gasteiger partial charge >= 0.3 is 0 Å². The second-order valence-corrected chi connectivity index (χ2v) is 4.41. The van der Waals surface area contributed by atoms with Gasteiger partial charge in [-0.2, -0.15) is 0 Å². The van der Waals surface area contributed by atoms with E-state index in [1.807, 2.05) is 6.07 Å². The minimum atomic E-state index is -0.386. The first-order valence-electron chi connectivity index (χ1n) is 6.15. The summed E-state index contributed by atoms with van der Waals surface area (Å²) < 4.78 is 5.03. The van der Waals surface area contributed by atoms with Crippen LogP contribution in [0.25, 0.3) is 0 Å². The van der Waals surface area contributed by atoms with Crippen LogP contribution in [0, 0.1) is 10.1 Å². The number of nitro benzene ring substituents is 1. The van der Waals surface area contributed by atoms with Gasteiger partial charge < -0.3 is 9.73 Å². The second-order valence-electron chi connectivity index (χ2n) is 4.41. The third-order valence-corrected chi connectivity index (χ3v) is 3.05. The Morgan fingerprint density at radius 1 is 1.32 bits per heavy atom. The molecule has 0 aliphatic heterocycles. The van der Waals surface area contributed by atoms with Gasteiger partial charge in [-0.1, -0.05) is 12.1 Å². The van der Waals surface area contributed by atoms with Crippen LogP contribution in [-0.2, 0) is 6.42 Å². The summed E-state index contributed by atoms with van der Waals surface area (Å²) in [5, 5.41) is 13.9. The van der Waals surface area contributed by atoms with Gasteiger partial charge in [0.05, 0.1) is 17.4 Å². The zero-order valence-electron chi connectivity index (χ0n) is 10.7. The first-order valence-corrected chi connectivity index (χ1v) is 6.15. The third kappa shape index (κ3) is 3.66. The fraction of sp³-hybridized carbons (Fsp3) is 0.286. The molecule has 0 aliphatic rings. The second kappa shape index (κ2) is 6.15. The van der Waals surface area contributed by atoms with Crippen LogP contribution in [-0.4, -0.2) is 11.5 Å². The normalized spacial score (nSPS) is 12.3. The monoisotopic (exact) mass is 260 g/mol. The number of hydrogen-bond donors (Lipinski definition) is 1. The Labute approximate surface area is 111 Å². The van der Waals surface area contributed by atoms with Gasteiger partial charge in [-0.25, -0.2) is 0 Å². The van der Waals surface area contributed by atoms with E-state index in [-0.39, 0.29) is 16.7 Å². The molecule has 1 aromatic carbocycles. The lowest BCUT2D eigenvalue weighted by Crippen LogP contribution is -2.20. The molecule has 1 unspecified atom stereocenters. The maximum absolute atomic E-state index is 10.5. The molecule has 1 aromatic heterocycles. The standard InChI is InChI=1S/C14H16N2O3/c1-11(13-7-9-19-10-13)15-8-6-12-2-4-14(5-3-12)16(17)18/h2-5,7,9-11,15H,6,8H2,1H3. The summed E-state index contributed by atoms with van der Waals surface area (Å²) in [5.41, 5.74) is 2.32. The van der Waals surface area contributed by atoms with Gasteiger partial charge in [0.15, 0.2) is 0 Å². The smallest absolute Gasteiger partial charge is 0.269 e. The van der Waals surface area contributed by atoms with E-state index >= 15 is 0 Å². The Balaban J connectivity index is 1.81. The van der Waals surface area contributed by atoms with Gasteiger partial charge in [0.2, 0.25) is 0 Å². The average Bonchev–Trinajstić information content (AvgIpc) is 2.93. The number of benzene rings is 1. The molecule has 100 valence electrons. The maximum atomic E-state index is 10.5. The van der Waals surface area contributed by atoms with E-state index in [2.05, 4.69) is 12.2 Å². The molecular weight excluding hydrogens is 244 g/mol. The van der Waals surface area contributed by atoms with Crippen LogP contribution in [0.1, 0.15) is 24.1 Å². The SMILES string of the molecule is CC(NCCc1ccc([N+](=O)[O-])cc1)c1ccoc1. The van der Waals surface area contributed by atoms with Crippen LogP contribution in [0.3, 0.4) is 0 Å². The van der Waals surface area contributed by atoms with E-state index in [9.17, 15) is 10.1 Å². The highest BCUT2D eigenvalue weighted by atomic mass is 16.6. The number of rotatable bonds is 6. The average molecular weight is 260 g/mol. The van der Waals surface area contributed by atoms with Gasteiger partial charge in [0.25, 0.3) is 5.69 Å². The number of furan rings is 1. The van der Waals surface area contributed by atoms with Crippen LogP contribution in [0.4, 0.5) is 5.69 Å². The molecule has 5 heteroatoms. The van der Waals surface area contributed by atoms with Gasteiger partial charge in [-0.3, -0.25) is 10.1 Å². The zero-order valence-corrected chi connectivity index (χ0v) is 10.7. The Bertz CT molecular complexity index is 520. The summed E-state index contributed by atoms with van der Waals surface area (Å²) in [4.78, 5) is 10.1. The highest BCUT2D eigenvalue weighted by Gasteiger charge is 2.06. The summed E-state index contributed by atoms with van der Waals surface area (Å²) in [5.74, 6) is 0. The first-order chi connectivity index (χ1) is 9.16. The van der Waals surface area contributed by atoms with Crippen molar-refractivity contribution in [2.75, 3.05) is 6.54 Å². The fourth-order valence-electron chi connectivity index (χ4n) is 1.86. The van der Waals surface area contributed by atoms with E-state index in [1.165, 1.54) is 12.1 Å². The van der Waals surface area contributed by atoms with Crippen LogP contribution in [0.15, 0.2) is 47.3 Å². The molecule has 0 radical (unpaired) electrons. The van der Waals surface area contributed by atoms with Crippen LogP contribution in [0.2, 0.25) is 0 Å². The summed E-state index contributed by atoms with van der Waals surface area (Å²) in [6, 6.07) is 8.83. The van der Waals surface area contributed by atoms with Crippen LogP contribution >= 0.6 is 0 Å². The van der Waals surface area contributed by atoms with E-state index in [0.29, 0.717) is 0 Å². The number of nitrogens with zero attached hydrogens (tertiary/aromatic N) is 1. The quantitative estimate of drug-likeness (QED) is 0.640. The third-order valence-electron chi connectivity index (χ3n) is 3.05. The maximum Gasteiger partial charge on any atom is 0.269 e. The van der Waals surface area contributed by atoms with Crippen molar-refractivity contribution in [2.24, 2.45) is 0 Å². The molecule has 5 nitrogen and oxygen atoms in total. The molecule has 1 heterocycles. The van der Waals surface area contributed by atoms with E-state index in [1.54, 1.807) is 24.7 Å². The van der Waals surface area contributed by atoms with Crippen LogP contribution in [0.5, 0.6) is 0 Å². The van der Waals surface area contributed by atoms with Crippen molar-refractivity contribution in [3.05, 3.63) is 64.1 Å². The molecule has 0 saturated carbocycles. The highest BCUT2D eigenvalue weighted by molar-refractivity contribution is 5.32. The predicted molar refractivity (Wildman–Crippen MR) is 71.9 cm³/mol. The molecule has 0 spiro atoms. The molecule has 0 saturated heterocycles. The molecular formula is C14H16N2O3. The summed E-state index contributed by atoms with van der Waals surface area (Å²) in [7, 11) is 0. The van der Waals surface area contributed by atoms with E-state index < -0.39 is 0 Å². The van der Waals surface area contributed by atoms with Crippen molar-refractivity contribution in [1.29, 1.82) is 0 Å². The molecule has 0 amide bonds. The molecule has 2 rings (SSSR count). The molecule has 0 aliphatic carbocycles. The lowest BCUT2D eigenvalue weighted by atomic mass is 10.1. The largest absolute Gasteiger partial charge is 0.472 e. The van der Waals surface area contributed by atoms with Crippen molar-refractivity contribution in [1.82, 2.24) is 5.32 Å². The predicted octanol–water partition coefficient (Wildman–Crippen LogP) is 3.08. The Hall–Kier alpha value is -2.14. The highest BCUT2D eigenvalue weighted by Crippen LogP contribution is 2.14. The van der Waals surface area contributed by atoms with Gasteiger partial charge in [-0.05, 0) is 31.5 Å². The topological polar surface area (TPSA) is 68.3 Å². The summed E-state index contributed by atoms with van der Waals surface area (Å²) >= 11 is 0. The van der Waals surface area contributed by atoms with Gasteiger partial charge in [-0.15, -0.1) is 0 Å². The molecule has 2 aromatic rings. The lowest BCUT2D eigenvalue weighted by molar-refractivity contribution is -0.384. The zero-order chi connectivity index (χ0) is 13.7. The van der Waals surface area contributed by atoms with Crippen molar-refractivity contribution in [3.63, 3.8) is 0 Å². The molecule has 1 atom stereocenters. The molecule has 0 bridgehead atoms. The van der Waals surface area contributed by atoms with E-state index in [4.69, 9.17) is 4.42 Å².